The fourth-order valence-electron chi connectivity index (χ4n) is 2.16. The molecule has 1 aromatic rings. The van der Waals surface area contributed by atoms with Gasteiger partial charge in [-0.15, -0.1) is 0 Å². The average Bonchev–Trinajstić information content (AvgIpc) is 2.47. The number of hydrogen-bond donors (Lipinski definition) is 1. The second kappa shape index (κ2) is 11.3. The molecule has 4 nitrogen and oxygen atoms in total. The molecule has 4 heteroatoms. The van der Waals surface area contributed by atoms with Gasteiger partial charge in [-0.3, -0.25) is 4.79 Å². The van der Waals surface area contributed by atoms with E-state index in [2.05, 4.69) is 29.6 Å². The minimum Gasteiger partial charge on any atom is -0.466 e. The van der Waals surface area contributed by atoms with Gasteiger partial charge in [0.05, 0.1) is 13.2 Å². The third-order valence-corrected chi connectivity index (χ3v) is 3.17. The molecule has 21 heavy (non-hydrogen) atoms. The largest absolute Gasteiger partial charge is 0.466 e. The predicted molar refractivity (Wildman–Crippen MR) is 84.0 cm³/mol. The van der Waals surface area contributed by atoms with E-state index in [1.54, 1.807) is 7.11 Å². The summed E-state index contributed by atoms with van der Waals surface area (Å²) in [4.78, 5) is 11.2. The SMILES string of the molecule is CCOC(=O)CCCCCNCc1cccc(COC)c1. The summed E-state index contributed by atoms with van der Waals surface area (Å²) in [6.45, 7) is 4.81. The number of benzene rings is 1. The van der Waals surface area contributed by atoms with Crippen molar-refractivity contribution < 1.29 is 14.3 Å². The highest BCUT2D eigenvalue weighted by atomic mass is 16.5. The van der Waals surface area contributed by atoms with E-state index in [9.17, 15) is 4.79 Å². The molecule has 0 amide bonds. The minimum absolute atomic E-state index is 0.0829. The zero-order valence-electron chi connectivity index (χ0n) is 13.2. The molecule has 1 N–H and O–H groups in total. The zero-order chi connectivity index (χ0) is 15.3. The van der Waals surface area contributed by atoms with Gasteiger partial charge >= 0.3 is 5.97 Å². The molecule has 0 heterocycles. The molecule has 0 unspecified atom stereocenters. The van der Waals surface area contributed by atoms with E-state index in [1.165, 1.54) is 11.1 Å². The Bertz CT molecular complexity index is 407. The van der Waals surface area contributed by atoms with Gasteiger partial charge in [-0.05, 0) is 37.4 Å². The summed E-state index contributed by atoms with van der Waals surface area (Å²) < 4.78 is 10.0. The first-order valence-electron chi connectivity index (χ1n) is 7.69. The molecule has 0 bridgehead atoms. The lowest BCUT2D eigenvalue weighted by atomic mass is 10.1. The van der Waals surface area contributed by atoms with E-state index >= 15 is 0 Å². The highest BCUT2D eigenvalue weighted by molar-refractivity contribution is 5.69. The molecule has 0 atom stereocenters. The normalized spacial score (nSPS) is 10.6. The maximum Gasteiger partial charge on any atom is 0.305 e. The summed E-state index contributed by atoms with van der Waals surface area (Å²) in [5.74, 6) is -0.0829. The molecule has 0 aliphatic carbocycles. The number of carbonyl (C=O) groups excluding carboxylic acids is 1. The van der Waals surface area contributed by atoms with Crippen LogP contribution < -0.4 is 5.32 Å². The summed E-state index contributed by atoms with van der Waals surface area (Å²) in [7, 11) is 1.71. The number of methoxy groups -OCH3 is 1. The lowest BCUT2D eigenvalue weighted by molar-refractivity contribution is -0.143. The second-order valence-electron chi connectivity index (χ2n) is 5.05. The Balaban J connectivity index is 2.06. The van der Waals surface area contributed by atoms with Gasteiger partial charge in [0.15, 0.2) is 0 Å². The van der Waals surface area contributed by atoms with Crippen molar-refractivity contribution in [2.45, 2.75) is 45.8 Å². The van der Waals surface area contributed by atoms with Crippen molar-refractivity contribution in [2.75, 3.05) is 20.3 Å². The Morgan fingerprint density at radius 2 is 2.00 bits per heavy atom. The Morgan fingerprint density at radius 1 is 1.19 bits per heavy atom. The van der Waals surface area contributed by atoms with E-state index < -0.39 is 0 Å². The van der Waals surface area contributed by atoms with Crippen LogP contribution in [0, 0.1) is 0 Å². The van der Waals surface area contributed by atoms with Crippen LogP contribution in [0.2, 0.25) is 0 Å². The molecule has 0 spiro atoms. The van der Waals surface area contributed by atoms with E-state index in [0.29, 0.717) is 19.6 Å². The van der Waals surface area contributed by atoms with Crippen molar-refractivity contribution in [1.29, 1.82) is 0 Å². The highest BCUT2D eigenvalue weighted by Crippen LogP contribution is 2.06. The van der Waals surface area contributed by atoms with E-state index in [-0.39, 0.29) is 5.97 Å². The van der Waals surface area contributed by atoms with Crippen molar-refractivity contribution in [3.05, 3.63) is 35.4 Å². The van der Waals surface area contributed by atoms with Gasteiger partial charge in [-0.25, -0.2) is 0 Å². The number of unbranched alkanes of at least 4 members (excludes halogenated alkanes) is 2. The fraction of sp³-hybridized carbons (Fsp3) is 0.588. The van der Waals surface area contributed by atoms with Gasteiger partial charge in [-0.1, -0.05) is 30.7 Å². The molecule has 0 aliphatic heterocycles. The molecule has 0 fully saturated rings. The lowest BCUT2D eigenvalue weighted by Gasteiger charge is -2.07. The Labute approximate surface area is 127 Å². The molecule has 1 rings (SSSR count). The quantitative estimate of drug-likeness (QED) is 0.503. The summed E-state index contributed by atoms with van der Waals surface area (Å²) in [6, 6.07) is 8.41. The first kappa shape index (κ1) is 17.7. The van der Waals surface area contributed by atoms with Gasteiger partial charge in [0.1, 0.15) is 0 Å². The van der Waals surface area contributed by atoms with Crippen molar-refractivity contribution in [3.8, 4) is 0 Å². The Morgan fingerprint density at radius 3 is 2.76 bits per heavy atom. The molecule has 0 saturated heterocycles. The van der Waals surface area contributed by atoms with Gasteiger partial charge in [-0.2, -0.15) is 0 Å². The number of hydrogen-bond acceptors (Lipinski definition) is 4. The van der Waals surface area contributed by atoms with Crippen LogP contribution in [-0.4, -0.2) is 26.2 Å². The lowest BCUT2D eigenvalue weighted by Crippen LogP contribution is -2.15. The second-order valence-corrected chi connectivity index (χ2v) is 5.05. The number of nitrogens with one attached hydrogen (secondary N) is 1. The van der Waals surface area contributed by atoms with E-state index in [1.807, 2.05) is 6.92 Å². The number of esters is 1. The van der Waals surface area contributed by atoms with Crippen molar-refractivity contribution in [2.24, 2.45) is 0 Å². The van der Waals surface area contributed by atoms with E-state index in [0.717, 1.165) is 32.4 Å². The van der Waals surface area contributed by atoms with Crippen molar-refractivity contribution in [1.82, 2.24) is 5.32 Å². The van der Waals surface area contributed by atoms with E-state index in [4.69, 9.17) is 9.47 Å². The molecule has 0 aromatic heterocycles. The number of ether oxygens (including phenoxy) is 2. The first-order chi connectivity index (χ1) is 10.3. The number of carbonyl (C=O) groups is 1. The van der Waals surface area contributed by atoms with Crippen molar-refractivity contribution in [3.63, 3.8) is 0 Å². The van der Waals surface area contributed by atoms with Gasteiger partial charge < -0.3 is 14.8 Å². The van der Waals surface area contributed by atoms with Crippen LogP contribution in [0.5, 0.6) is 0 Å². The summed E-state index contributed by atoms with van der Waals surface area (Å²) in [5.41, 5.74) is 2.47. The van der Waals surface area contributed by atoms with Crippen LogP contribution >= 0.6 is 0 Å². The van der Waals surface area contributed by atoms with Gasteiger partial charge in [0.2, 0.25) is 0 Å². The van der Waals surface area contributed by atoms with Crippen LogP contribution in [0.25, 0.3) is 0 Å². The third kappa shape index (κ3) is 8.48. The molecule has 0 saturated carbocycles. The maximum absolute atomic E-state index is 11.2. The fourth-order valence-corrected chi connectivity index (χ4v) is 2.16. The molecular weight excluding hydrogens is 266 g/mol. The highest BCUT2D eigenvalue weighted by Gasteiger charge is 2.00. The molecule has 0 aliphatic rings. The summed E-state index contributed by atoms with van der Waals surface area (Å²) in [6.07, 6.45) is 3.57. The van der Waals surface area contributed by atoms with Gasteiger partial charge in [0, 0.05) is 20.1 Å². The molecule has 0 radical (unpaired) electrons. The standard InChI is InChI=1S/C17H27NO3/c1-3-21-17(19)10-5-4-6-11-18-13-15-8-7-9-16(12-15)14-20-2/h7-9,12,18H,3-6,10-11,13-14H2,1-2H3. The van der Waals surface area contributed by atoms with Crippen molar-refractivity contribution >= 4 is 5.97 Å². The maximum atomic E-state index is 11.2. The van der Waals surface area contributed by atoms with Gasteiger partial charge in [0.25, 0.3) is 0 Å². The van der Waals surface area contributed by atoms with Crippen LogP contribution in [-0.2, 0) is 27.4 Å². The predicted octanol–water partition coefficient (Wildman–Crippen LogP) is 3.05. The molecule has 118 valence electrons. The topological polar surface area (TPSA) is 47.6 Å². The van der Waals surface area contributed by atoms with Crippen LogP contribution in [0.3, 0.4) is 0 Å². The van der Waals surface area contributed by atoms with Crippen LogP contribution in [0.1, 0.15) is 43.7 Å². The zero-order valence-corrected chi connectivity index (χ0v) is 13.2. The third-order valence-electron chi connectivity index (χ3n) is 3.17. The Hall–Kier alpha value is -1.39. The average molecular weight is 293 g/mol. The Kier molecular flexibility index (Phi) is 9.49. The van der Waals surface area contributed by atoms with Crippen LogP contribution in [0.4, 0.5) is 0 Å². The summed E-state index contributed by atoms with van der Waals surface area (Å²) >= 11 is 0. The monoisotopic (exact) mass is 293 g/mol. The summed E-state index contributed by atoms with van der Waals surface area (Å²) in [5, 5.41) is 3.43. The number of rotatable bonds is 11. The molecular formula is C17H27NO3. The first-order valence-corrected chi connectivity index (χ1v) is 7.69. The smallest absolute Gasteiger partial charge is 0.305 e. The minimum atomic E-state index is -0.0829. The molecule has 1 aromatic carbocycles. The van der Waals surface area contributed by atoms with Crippen LogP contribution in [0.15, 0.2) is 24.3 Å².